The van der Waals surface area contributed by atoms with Gasteiger partial charge in [-0.3, -0.25) is 15.0 Å². The van der Waals surface area contributed by atoms with Crippen molar-refractivity contribution >= 4 is 43.4 Å². The van der Waals surface area contributed by atoms with Gasteiger partial charge in [0.25, 0.3) is 11.5 Å². The Kier molecular flexibility index (Phi) is 4.67. The van der Waals surface area contributed by atoms with Crippen molar-refractivity contribution in [3.05, 3.63) is 60.9 Å². The van der Waals surface area contributed by atoms with E-state index in [1.807, 2.05) is 6.92 Å². The van der Waals surface area contributed by atoms with Crippen molar-refractivity contribution < 1.29 is 4.79 Å². The van der Waals surface area contributed by atoms with E-state index >= 15 is 0 Å². The summed E-state index contributed by atoms with van der Waals surface area (Å²) in [4.78, 5) is 32.5. The lowest BCUT2D eigenvalue weighted by molar-refractivity contribution is 0.101. The van der Waals surface area contributed by atoms with E-state index in [2.05, 4.69) is 26.3 Å². The van der Waals surface area contributed by atoms with E-state index in [4.69, 9.17) is 0 Å². The highest BCUT2D eigenvalue weighted by molar-refractivity contribution is 9.10. The number of benzene rings is 1. The molecule has 0 atom stereocenters. The maximum absolute atomic E-state index is 13.2. The molecule has 0 spiro atoms. The number of thiophene rings is 1. The molecule has 1 amide bonds. The van der Waals surface area contributed by atoms with Crippen LogP contribution in [0.3, 0.4) is 0 Å². The van der Waals surface area contributed by atoms with Crippen LogP contribution in [0.25, 0.3) is 10.2 Å². The molecular weight excluding hydrogens is 414 g/mol. The fourth-order valence-electron chi connectivity index (χ4n) is 3.37. The van der Waals surface area contributed by atoms with Gasteiger partial charge in [0, 0.05) is 21.3 Å². The highest BCUT2D eigenvalue weighted by Crippen LogP contribution is 2.33. The average molecular weight is 432 g/mol. The largest absolute Gasteiger partial charge is 0.281 e. The monoisotopic (exact) mass is 431 g/mol. The van der Waals surface area contributed by atoms with Crippen molar-refractivity contribution in [3.63, 3.8) is 0 Å². The molecule has 5 nitrogen and oxygen atoms in total. The number of hydrogen-bond donors (Lipinski definition) is 1. The van der Waals surface area contributed by atoms with Crippen molar-refractivity contribution in [2.75, 3.05) is 5.43 Å². The van der Waals surface area contributed by atoms with Crippen LogP contribution < -0.4 is 11.0 Å². The van der Waals surface area contributed by atoms with Crippen LogP contribution in [0.5, 0.6) is 0 Å². The highest BCUT2D eigenvalue weighted by Gasteiger charge is 2.22. The fourth-order valence-corrected chi connectivity index (χ4v) is 4.90. The van der Waals surface area contributed by atoms with Gasteiger partial charge >= 0.3 is 0 Å². The first-order chi connectivity index (χ1) is 12.6. The van der Waals surface area contributed by atoms with E-state index in [1.165, 1.54) is 9.55 Å². The topological polar surface area (TPSA) is 64.0 Å². The molecule has 26 heavy (non-hydrogen) atoms. The van der Waals surface area contributed by atoms with Gasteiger partial charge in [0.05, 0.1) is 5.39 Å². The molecule has 1 aliphatic carbocycles. The molecule has 1 N–H and O–H groups in total. The summed E-state index contributed by atoms with van der Waals surface area (Å²) in [6, 6.07) is 7.03. The third-order valence-electron chi connectivity index (χ3n) is 4.69. The Morgan fingerprint density at radius 1 is 1.27 bits per heavy atom. The zero-order chi connectivity index (χ0) is 18.3. The number of fused-ring (bicyclic) bond motifs is 3. The Morgan fingerprint density at radius 3 is 2.73 bits per heavy atom. The molecule has 0 saturated carbocycles. The number of aromatic nitrogens is 2. The minimum Gasteiger partial charge on any atom is -0.267 e. The van der Waals surface area contributed by atoms with Crippen LogP contribution in [0.15, 0.2) is 33.5 Å². The number of hydrogen-bond acceptors (Lipinski definition) is 4. The van der Waals surface area contributed by atoms with E-state index in [1.54, 1.807) is 35.6 Å². The van der Waals surface area contributed by atoms with E-state index in [-0.39, 0.29) is 11.5 Å². The number of halogens is 1. The quantitative estimate of drug-likeness (QED) is 0.680. The molecule has 0 fully saturated rings. The predicted molar refractivity (Wildman–Crippen MR) is 108 cm³/mol. The summed E-state index contributed by atoms with van der Waals surface area (Å²) in [6.07, 6.45) is 4.75. The molecule has 2 aromatic heterocycles. The lowest BCUT2D eigenvalue weighted by atomic mass is 9.97. The molecular formula is C19H18BrN3O2S. The number of nitrogens with one attached hydrogen (secondary N) is 1. The Labute approximate surface area is 163 Å². The molecule has 4 rings (SSSR count). The molecule has 0 radical (unpaired) electrons. The van der Waals surface area contributed by atoms with Crippen LogP contribution >= 0.6 is 27.3 Å². The number of carbonyl (C=O) groups is 1. The van der Waals surface area contributed by atoms with Gasteiger partial charge < -0.3 is 0 Å². The second-order valence-electron chi connectivity index (χ2n) is 6.36. The van der Waals surface area contributed by atoms with Crippen molar-refractivity contribution in [3.8, 4) is 0 Å². The van der Waals surface area contributed by atoms with Crippen LogP contribution in [0.4, 0.5) is 0 Å². The van der Waals surface area contributed by atoms with Gasteiger partial charge in [-0.2, -0.15) is 0 Å². The first-order valence-electron chi connectivity index (χ1n) is 8.71. The zero-order valence-electron chi connectivity index (χ0n) is 14.3. The summed E-state index contributed by atoms with van der Waals surface area (Å²) >= 11 is 4.98. The lowest BCUT2D eigenvalue weighted by Gasteiger charge is -2.14. The summed E-state index contributed by atoms with van der Waals surface area (Å²) in [6.45, 7) is 1.93. The SMILES string of the molecule is CCc1nc2sc3c(c2c(=O)n1NC(=O)c1ccc(Br)cc1)CCCC3. The second kappa shape index (κ2) is 6.96. The van der Waals surface area contributed by atoms with Gasteiger partial charge in [-0.15, -0.1) is 11.3 Å². The molecule has 0 aliphatic heterocycles. The maximum Gasteiger partial charge on any atom is 0.281 e. The summed E-state index contributed by atoms with van der Waals surface area (Å²) in [5.74, 6) is 0.256. The van der Waals surface area contributed by atoms with Crippen LogP contribution in [0.1, 0.15) is 46.4 Å². The van der Waals surface area contributed by atoms with Gasteiger partial charge in [0.1, 0.15) is 10.7 Å². The van der Waals surface area contributed by atoms with Gasteiger partial charge in [-0.1, -0.05) is 22.9 Å². The summed E-state index contributed by atoms with van der Waals surface area (Å²) < 4.78 is 2.22. The second-order valence-corrected chi connectivity index (χ2v) is 8.36. The minimum atomic E-state index is -0.320. The maximum atomic E-state index is 13.2. The van der Waals surface area contributed by atoms with Gasteiger partial charge in [0.15, 0.2) is 0 Å². The lowest BCUT2D eigenvalue weighted by Crippen LogP contribution is -2.36. The van der Waals surface area contributed by atoms with Crippen LogP contribution in [0.2, 0.25) is 0 Å². The van der Waals surface area contributed by atoms with Crippen molar-refractivity contribution in [2.24, 2.45) is 0 Å². The molecule has 7 heteroatoms. The molecule has 0 saturated heterocycles. The van der Waals surface area contributed by atoms with Crippen LogP contribution in [0, 0.1) is 0 Å². The summed E-state index contributed by atoms with van der Waals surface area (Å²) in [7, 11) is 0. The zero-order valence-corrected chi connectivity index (χ0v) is 16.7. The minimum absolute atomic E-state index is 0.170. The van der Waals surface area contributed by atoms with Crippen molar-refractivity contribution in [1.82, 2.24) is 9.66 Å². The highest BCUT2D eigenvalue weighted by atomic mass is 79.9. The number of rotatable bonds is 3. The molecule has 0 unspecified atom stereocenters. The van der Waals surface area contributed by atoms with Crippen LogP contribution in [-0.4, -0.2) is 15.6 Å². The first kappa shape index (κ1) is 17.4. The molecule has 3 aromatic rings. The van der Waals surface area contributed by atoms with Gasteiger partial charge in [-0.25, -0.2) is 9.66 Å². The molecule has 1 aliphatic rings. The van der Waals surface area contributed by atoms with Gasteiger partial charge in [0.2, 0.25) is 0 Å². The number of amides is 1. The third-order valence-corrected chi connectivity index (χ3v) is 6.41. The third kappa shape index (κ3) is 2.99. The van der Waals surface area contributed by atoms with Gasteiger partial charge in [-0.05, 0) is 55.5 Å². The Bertz CT molecular complexity index is 1050. The normalized spacial score (nSPS) is 13.6. The summed E-state index contributed by atoms with van der Waals surface area (Å²) in [5.41, 5.74) is 4.20. The Morgan fingerprint density at radius 2 is 2.00 bits per heavy atom. The van der Waals surface area contributed by atoms with E-state index in [0.717, 1.165) is 40.5 Å². The number of aryl methyl sites for hydroxylation is 3. The van der Waals surface area contributed by atoms with Crippen LogP contribution in [-0.2, 0) is 19.3 Å². The smallest absolute Gasteiger partial charge is 0.267 e. The Hall–Kier alpha value is -1.99. The standard InChI is InChI=1S/C19H18BrN3O2S/c1-2-15-21-18-16(13-5-3-4-6-14(13)26-18)19(25)23(15)22-17(24)11-7-9-12(20)10-8-11/h7-10H,2-6H2,1H3,(H,22,24). The van der Waals surface area contributed by atoms with E-state index in [9.17, 15) is 9.59 Å². The molecule has 0 bridgehead atoms. The van der Waals surface area contributed by atoms with E-state index in [0.29, 0.717) is 23.2 Å². The molecule has 1 aromatic carbocycles. The van der Waals surface area contributed by atoms with E-state index < -0.39 is 0 Å². The van der Waals surface area contributed by atoms with Crippen molar-refractivity contribution in [1.29, 1.82) is 0 Å². The Balaban J connectivity index is 1.80. The fraction of sp³-hybridized carbons (Fsp3) is 0.316. The number of nitrogens with zero attached hydrogens (tertiary/aromatic N) is 2. The van der Waals surface area contributed by atoms with Crippen molar-refractivity contribution in [2.45, 2.75) is 39.0 Å². The number of carbonyl (C=O) groups excluding carboxylic acids is 1. The molecule has 134 valence electrons. The molecule has 2 heterocycles. The first-order valence-corrected chi connectivity index (χ1v) is 10.3. The average Bonchev–Trinajstić information content (AvgIpc) is 3.02. The summed E-state index contributed by atoms with van der Waals surface area (Å²) in [5, 5.41) is 0.679. The predicted octanol–water partition coefficient (Wildman–Crippen LogP) is 4.05.